The van der Waals surface area contributed by atoms with Crippen LogP contribution in [0.2, 0.25) is 0 Å². The molecule has 2 rings (SSSR count). The van der Waals surface area contributed by atoms with E-state index in [4.69, 9.17) is 5.11 Å². The van der Waals surface area contributed by atoms with Crippen LogP contribution in [-0.2, 0) is 0 Å². The zero-order valence-electron chi connectivity index (χ0n) is 11.3. The van der Waals surface area contributed by atoms with Crippen molar-refractivity contribution in [3.8, 4) is 0 Å². The van der Waals surface area contributed by atoms with Crippen molar-refractivity contribution in [3.63, 3.8) is 0 Å². The number of hydrogen-bond donors (Lipinski definition) is 1. The van der Waals surface area contributed by atoms with Crippen molar-refractivity contribution in [2.24, 2.45) is 0 Å². The van der Waals surface area contributed by atoms with Gasteiger partial charge < -0.3 is 10.0 Å². The summed E-state index contributed by atoms with van der Waals surface area (Å²) in [6.45, 7) is 4.70. The van der Waals surface area contributed by atoms with Gasteiger partial charge in [0.15, 0.2) is 0 Å². The molecule has 1 aromatic rings. The molecule has 2 heterocycles. The minimum atomic E-state index is -0.929. The van der Waals surface area contributed by atoms with E-state index in [0.717, 1.165) is 0 Å². The van der Waals surface area contributed by atoms with E-state index in [0.29, 0.717) is 18.9 Å². The highest BCUT2D eigenvalue weighted by atomic mass is 16.6. The van der Waals surface area contributed by atoms with Crippen molar-refractivity contribution in [2.45, 2.75) is 25.9 Å². The number of nitro groups is 1. The van der Waals surface area contributed by atoms with E-state index in [-0.39, 0.29) is 17.8 Å². The van der Waals surface area contributed by atoms with Crippen LogP contribution >= 0.6 is 0 Å². The molecule has 0 saturated carbocycles. The van der Waals surface area contributed by atoms with Crippen LogP contribution in [0.1, 0.15) is 13.8 Å². The summed E-state index contributed by atoms with van der Waals surface area (Å²) in [7, 11) is 0. The van der Waals surface area contributed by atoms with Crippen molar-refractivity contribution < 1.29 is 14.8 Å². The third-order valence-corrected chi connectivity index (χ3v) is 3.41. The highest BCUT2D eigenvalue weighted by molar-refractivity contribution is 5.66. The molecule has 108 valence electrons. The quantitative estimate of drug-likeness (QED) is 0.652. The highest BCUT2D eigenvalue weighted by Gasteiger charge is 2.33. The van der Waals surface area contributed by atoms with Crippen LogP contribution in [0.25, 0.3) is 0 Å². The van der Waals surface area contributed by atoms with E-state index < -0.39 is 11.0 Å². The van der Waals surface area contributed by atoms with Crippen molar-refractivity contribution >= 4 is 17.6 Å². The minimum absolute atomic E-state index is 0.0565. The van der Waals surface area contributed by atoms with Crippen molar-refractivity contribution in [1.82, 2.24) is 9.88 Å². The van der Waals surface area contributed by atoms with Gasteiger partial charge in [-0.3, -0.25) is 15.0 Å². The molecule has 8 heteroatoms. The third-order valence-electron chi connectivity index (χ3n) is 3.41. The Labute approximate surface area is 115 Å². The highest BCUT2D eigenvalue weighted by Crippen LogP contribution is 2.22. The summed E-state index contributed by atoms with van der Waals surface area (Å²) >= 11 is 0. The Morgan fingerprint density at radius 1 is 1.40 bits per heavy atom. The van der Waals surface area contributed by atoms with E-state index in [2.05, 4.69) is 4.98 Å². The summed E-state index contributed by atoms with van der Waals surface area (Å²) in [4.78, 5) is 28.7. The van der Waals surface area contributed by atoms with E-state index in [1.807, 2.05) is 18.7 Å². The van der Waals surface area contributed by atoms with Crippen LogP contribution in [0, 0.1) is 10.1 Å². The number of pyridine rings is 1. The first-order valence-corrected chi connectivity index (χ1v) is 6.26. The number of piperazine rings is 1. The summed E-state index contributed by atoms with van der Waals surface area (Å²) in [6.07, 6.45) is 0.287. The van der Waals surface area contributed by atoms with Gasteiger partial charge in [0.25, 0.3) is 5.69 Å². The largest absolute Gasteiger partial charge is 0.465 e. The standard InChI is InChI=1S/C12H16N4O4/c1-8-6-14(7-9(2)15(8)12(17)18)11-4-3-10(5-13-11)16(19)20/h3-5,8-9H,6-7H2,1-2H3,(H,17,18)/t8-,9-/m1/s1. The monoisotopic (exact) mass is 280 g/mol. The molecule has 20 heavy (non-hydrogen) atoms. The van der Waals surface area contributed by atoms with Crippen LogP contribution in [0.5, 0.6) is 0 Å². The summed E-state index contributed by atoms with van der Waals surface area (Å²) in [5, 5.41) is 19.7. The Morgan fingerprint density at radius 3 is 2.40 bits per heavy atom. The fraction of sp³-hybridized carbons (Fsp3) is 0.500. The summed E-state index contributed by atoms with van der Waals surface area (Å²) in [6, 6.07) is 2.68. The van der Waals surface area contributed by atoms with Gasteiger partial charge in [0.2, 0.25) is 0 Å². The second-order valence-electron chi connectivity index (χ2n) is 4.92. The van der Waals surface area contributed by atoms with Crippen LogP contribution < -0.4 is 4.90 Å². The maximum absolute atomic E-state index is 11.2. The molecular formula is C12H16N4O4. The molecule has 1 aliphatic rings. The number of amides is 1. The maximum Gasteiger partial charge on any atom is 0.407 e. The normalized spacial score (nSPS) is 22.7. The minimum Gasteiger partial charge on any atom is -0.465 e. The van der Waals surface area contributed by atoms with Gasteiger partial charge >= 0.3 is 6.09 Å². The molecule has 2 atom stereocenters. The van der Waals surface area contributed by atoms with E-state index in [1.165, 1.54) is 17.2 Å². The van der Waals surface area contributed by atoms with Gasteiger partial charge in [-0.15, -0.1) is 0 Å². The van der Waals surface area contributed by atoms with E-state index in [9.17, 15) is 14.9 Å². The Bertz CT molecular complexity index is 507. The second-order valence-corrected chi connectivity index (χ2v) is 4.92. The van der Waals surface area contributed by atoms with E-state index >= 15 is 0 Å². The van der Waals surface area contributed by atoms with Crippen LogP contribution in [0.3, 0.4) is 0 Å². The molecule has 0 radical (unpaired) electrons. The topological polar surface area (TPSA) is 99.8 Å². The molecule has 0 unspecified atom stereocenters. The first kappa shape index (κ1) is 14.0. The lowest BCUT2D eigenvalue weighted by molar-refractivity contribution is -0.385. The van der Waals surface area contributed by atoms with Crippen LogP contribution in [0.15, 0.2) is 18.3 Å². The number of hydrogen-bond acceptors (Lipinski definition) is 5. The average molecular weight is 280 g/mol. The Hall–Kier alpha value is -2.38. The summed E-state index contributed by atoms with van der Waals surface area (Å²) < 4.78 is 0. The Kier molecular flexibility index (Phi) is 3.73. The van der Waals surface area contributed by atoms with Crippen molar-refractivity contribution in [3.05, 3.63) is 28.4 Å². The maximum atomic E-state index is 11.2. The van der Waals surface area contributed by atoms with Gasteiger partial charge in [-0.1, -0.05) is 0 Å². The second kappa shape index (κ2) is 5.32. The van der Waals surface area contributed by atoms with Gasteiger partial charge in [-0.05, 0) is 19.9 Å². The third kappa shape index (κ3) is 2.63. The number of carbonyl (C=O) groups is 1. The molecule has 0 spiro atoms. The molecule has 0 aromatic carbocycles. The average Bonchev–Trinajstić information content (AvgIpc) is 2.37. The number of aromatic nitrogens is 1. The number of nitrogens with zero attached hydrogens (tertiary/aromatic N) is 4. The number of carboxylic acid groups (broad SMARTS) is 1. The molecule has 0 aliphatic carbocycles. The lowest BCUT2D eigenvalue weighted by Gasteiger charge is -2.43. The first-order chi connectivity index (χ1) is 9.40. The number of anilines is 1. The van der Waals surface area contributed by atoms with E-state index in [1.54, 1.807) is 6.07 Å². The van der Waals surface area contributed by atoms with Crippen LogP contribution in [0.4, 0.5) is 16.3 Å². The molecule has 8 nitrogen and oxygen atoms in total. The van der Waals surface area contributed by atoms with Crippen molar-refractivity contribution in [1.29, 1.82) is 0 Å². The van der Waals surface area contributed by atoms with Crippen molar-refractivity contribution in [2.75, 3.05) is 18.0 Å². The molecule has 1 aromatic heterocycles. The molecule has 1 saturated heterocycles. The lowest BCUT2D eigenvalue weighted by atomic mass is 10.1. The van der Waals surface area contributed by atoms with Gasteiger partial charge in [-0.25, -0.2) is 9.78 Å². The SMILES string of the molecule is C[C@@H]1CN(c2ccc([N+](=O)[O-])cn2)C[C@@H](C)N1C(=O)O. The Balaban J connectivity index is 2.15. The molecule has 1 fully saturated rings. The fourth-order valence-electron chi connectivity index (χ4n) is 2.56. The molecule has 0 bridgehead atoms. The predicted molar refractivity (Wildman–Crippen MR) is 71.9 cm³/mol. The molecule has 1 aliphatic heterocycles. The van der Waals surface area contributed by atoms with Crippen LogP contribution in [-0.4, -0.2) is 51.2 Å². The predicted octanol–water partition coefficient (Wildman–Crippen LogP) is 1.57. The fourth-order valence-corrected chi connectivity index (χ4v) is 2.56. The van der Waals surface area contributed by atoms with Gasteiger partial charge in [0.1, 0.15) is 12.0 Å². The molecular weight excluding hydrogens is 264 g/mol. The lowest BCUT2D eigenvalue weighted by Crippen LogP contribution is -2.58. The Morgan fingerprint density at radius 2 is 2.00 bits per heavy atom. The first-order valence-electron chi connectivity index (χ1n) is 6.26. The number of rotatable bonds is 2. The summed E-state index contributed by atoms with van der Waals surface area (Å²) in [5.41, 5.74) is -0.0565. The van der Waals surface area contributed by atoms with Gasteiger partial charge in [-0.2, -0.15) is 0 Å². The smallest absolute Gasteiger partial charge is 0.407 e. The van der Waals surface area contributed by atoms with Gasteiger partial charge in [0.05, 0.1) is 17.0 Å². The molecule has 1 amide bonds. The molecule has 1 N–H and O–H groups in total. The van der Waals surface area contributed by atoms with Gasteiger partial charge in [0, 0.05) is 19.2 Å². The summed E-state index contributed by atoms with van der Waals surface area (Å²) in [5.74, 6) is 0.624. The zero-order valence-corrected chi connectivity index (χ0v) is 11.3. The zero-order chi connectivity index (χ0) is 14.9.